The summed E-state index contributed by atoms with van der Waals surface area (Å²) in [5.74, 6) is 1.25. The predicted octanol–water partition coefficient (Wildman–Crippen LogP) is 1.57. The summed E-state index contributed by atoms with van der Waals surface area (Å²) >= 11 is 0. The Morgan fingerprint density at radius 3 is 2.42 bits per heavy atom. The van der Waals surface area contributed by atoms with Gasteiger partial charge in [0.15, 0.2) is 0 Å². The third kappa shape index (κ3) is 4.31. The SMILES string of the molecule is CC(C)C[C@@](C)(NCc1nnc(C(C)C)o1)C(N)=O. The summed E-state index contributed by atoms with van der Waals surface area (Å²) in [6.45, 7) is 10.2. The van der Waals surface area contributed by atoms with E-state index in [9.17, 15) is 4.79 Å². The van der Waals surface area contributed by atoms with Crippen LogP contribution < -0.4 is 11.1 Å². The minimum Gasteiger partial charge on any atom is -0.424 e. The van der Waals surface area contributed by atoms with Crippen LogP contribution in [0.2, 0.25) is 0 Å². The number of hydrogen-bond acceptors (Lipinski definition) is 5. The fourth-order valence-corrected chi connectivity index (χ4v) is 1.92. The molecule has 0 bridgehead atoms. The third-order valence-corrected chi connectivity index (χ3v) is 2.97. The number of nitrogens with one attached hydrogen (secondary N) is 1. The summed E-state index contributed by atoms with van der Waals surface area (Å²) in [5.41, 5.74) is 4.71. The Labute approximate surface area is 114 Å². The summed E-state index contributed by atoms with van der Waals surface area (Å²) < 4.78 is 5.49. The highest BCUT2D eigenvalue weighted by Crippen LogP contribution is 2.17. The van der Waals surface area contributed by atoms with Crippen LogP contribution >= 0.6 is 0 Å². The lowest BCUT2D eigenvalue weighted by Gasteiger charge is -2.28. The molecule has 0 aliphatic rings. The van der Waals surface area contributed by atoms with Gasteiger partial charge in [0, 0.05) is 5.92 Å². The van der Waals surface area contributed by atoms with Crippen LogP contribution in [0.25, 0.3) is 0 Å². The monoisotopic (exact) mass is 268 g/mol. The number of carbonyl (C=O) groups is 1. The van der Waals surface area contributed by atoms with Crippen LogP contribution in [0.5, 0.6) is 0 Å². The van der Waals surface area contributed by atoms with E-state index in [1.54, 1.807) is 6.92 Å². The number of hydrogen-bond donors (Lipinski definition) is 2. The minimum absolute atomic E-state index is 0.194. The molecule has 1 amide bonds. The molecule has 0 fully saturated rings. The van der Waals surface area contributed by atoms with Crippen molar-refractivity contribution in [3.63, 3.8) is 0 Å². The Bertz CT molecular complexity index is 428. The molecule has 0 spiro atoms. The number of rotatable bonds is 7. The molecule has 0 saturated carbocycles. The fraction of sp³-hybridized carbons (Fsp3) is 0.769. The van der Waals surface area contributed by atoms with Crippen molar-refractivity contribution in [2.75, 3.05) is 0 Å². The van der Waals surface area contributed by atoms with E-state index >= 15 is 0 Å². The van der Waals surface area contributed by atoms with Crippen molar-refractivity contribution in [1.29, 1.82) is 0 Å². The molecule has 3 N–H and O–H groups in total. The summed E-state index contributed by atoms with van der Waals surface area (Å²) in [4.78, 5) is 11.6. The Hall–Kier alpha value is -1.43. The Kier molecular flexibility index (Phi) is 5.05. The molecule has 0 unspecified atom stereocenters. The smallest absolute Gasteiger partial charge is 0.237 e. The van der Waals surface area contributed by atoms with Gasteiger partial charge in [-0.2, -0.15) is 0 Å². The first-order valence-electron chi connectivity index (χ1n) is 6.62. The molecule has 6 nitrogen and oxygen atoms in total. The average molecular weight is 268 g/mol. The van der Waals surface area contributed by atoms with Crippen molar-refractivity contribution < 1.29 is 9.21 Å². The highest BCUT2D eigenvalue weighted by Gasteiger charge is 2.31. The molecular formula is C13H24N4O2. The quantitative estimate of drug-likeness (QED) is 0.783. The van der Waals surface area contributed by atoms with E-state index in [1.165, 1.54) is 0 Å². The molecule has 108 valence electrons. The standard InChI is InChI=1S/C13H24N4O2/c1-8(2)6-13(5,12(14)18)15-7-10-16-17-11(19-10)9(3)4/h8-9,15H,6-7H2,1-5H3,(H2,14,18)/t13-/m1/s1. The van der Waals surface area contributed by atoms with Crippen molar-refractivity contribution in [3.8, 4) is 0 Å². The van der Waals surface area contributed by atoms with Crippen molar-refractivity contribution in [1.82, 2.24) is 15.5 Å². The third-order valence-electron chi connectivity index (χ3n) is 2.97. The Balaban J connectivity index is 2.68. The summed E-state index contributed by atoms with van der Waals surface area (Å²) in [5, 5.41) is 11.0. The zero-order valence-electron chi connectivity index (χ0n) is 12.4. The molecule has 6 heteroatoms. The second-order valence-corrected chi connectivity index (χ2v) is 5.84. The number of primary amides is 1. The fourth-order valence-electron chi connectivity index (χ4n) is 1.92. The molecule has 1 heterocycles. The maximum Gasteiger partial charge on any atom is 0.237 e. The molecule has 1 atom stereocenters. The van der Waals surface area contributed by atoms with Gasteiger partial charge in [0.05, 0.1) is 12.1 Å². The van der Waals surface area contributed by atoms with Gasteiger partial charge in [-0.3, -0.25) is 10.1 Å². The van der Waals surface area contributed by atoms with E-state index in [4.69, 9.17) is 10.2 Å². The van der Waals surface area contributed by atoms with Crippen LogP contribution in [-0.2, 0) is 11.3 Å². The molecule has 0 saturated heterocycles. The molecule has 1 aromatic rings. The summed E-state index contributed by atoms with van der Waals surface area (Å²) in [7, 11) is 0. The van der Waals surface area contributed by atoms with E-state index in [-0.39, 0.29) is 11.8 Å². The number of aromatic nitrogens is 2. The largest absolute Gasteiger partial charge is 0.424 e. The lowest BCUT2D eigenvalue weighted by atomic mass is 9.90. The average Bonchev–Trinajstić information content (AvgIpc) is 2.74. The van der Waals surface area contributed by atoms with Gasteiger partial charge in [-0.25, -0.2) is 0 Å². The van der Waals surface area contributed by atoms with Crippen molar-refractivity contribution in [2.45, 2.75) is 59.0 Å². The normalized spacial score (nSPS) is 14.9. The molecular weight excluding hydrogens is 244 g/mol. The lowest BCUT2D eigenvalue weighted by Crippen LogP contribution is -2.53. The Morgan fingerprint density at radius 2 is 2.00 bits per heavy atom. The first kappa shape index (κ1) is 15.6. The molecule has 0 aliphatic heterocycles. The number of nitrogens with two attached hydrogens (primary N) is 1. The van der Waals surface area contributed by atoms with Crippen LogP contribution in [0.4, 0.5) is 0 Å². The van der Waals surface area contributed by atoms with Gasteiger partial charge in [0.1, 0.15) is 0 Å². The lowest BCUT2D eigenvalue weighted by molar-refractivity contribution is -0.124. The number of nitrogens with zero attached hydrogens (tertiary/aromatic N) is 2. The van der Waals surface area contributed by atoms with E-state index < -0.39 is 5.54 Å². The van der Waals surface area contributed by atoms with Crippen molar-refractivity contribution in [3.05, 3.63) is 11.8 Å². The molecule has 0 aromatic carbocycles. The first-order valence-corrected chi connectivity index (χ1v) is 6.62. The van der Waals surface area contributed by atoms with E-state index in [0.717, 1.165) is 0 Å². The minimum atomic E-state index is -0.763. The molecule has 0 radical (unpaired) electrons. The zero-order chi connectivity index (χ0) is 14.6. The maximum absolute atomic E-state index is 11.6. The van der Waals surface area contributed by atoms with Gasteiger partial charge >= 0.3 is 0 Å². The van der Waals surface area contributed by atoms with Crippen molar-refractivity contribution >= 4 is 5.91 Å². The summed E-state index contributed by atoms with van der Waals surface area (Å²) in [6.07, 6.45) is 0.660. The van der Waals surface area contributed by atoms with E-state index in [2.05, 4.69) is 15.5 Å². The number of carbonyl (C=O) groups excluding carboxylic acids is 1. The topological polar surface area (TPSA) is 94.0 Å². The van der Waals surface area contributed by atoms with E-state index in [1.807, 2.05) is 27.7 Å². The van der Waals surface area contributed by atoms with E-state index in [0.29, 0.717) is 30.7 Å². The van der Waals surface area contributed by atoms with Gasteiger partial charge < -0.3 is 10.2 Å². The van der Waals surface area contributed by atoms with Crippen molar-refractivity contribution in [2.24, 2.45) is 11.7 Å². The van der Waals surface area contributed by atoms with Crippen LogP contribution in [0.3, 0.4) is 0 Å². The van der Waals surface area contributed by atoms with Gasteiger partial charge in [0.25, 0.3) is 0 Å². The van der Waals surface area contributed by atoms with Gasteiger partial charge in [-0.05, 0) is 19.3 Å². The highest BCUT2D eigenvalue weighted by atomic mass is 16.4. The predicted molar refractivity (Wildman–Crippen MR) is 72.3 cm³/mol. The molecule has 1 rings (SSSR count). The van der Waals surface area contributed by atoms with Crippen LogP contribution in [0.1, 0.15) is 58.7 Å². The zero-order valence-corrected chi connectivity index (χ0v) is 12.4. The summed E-state index contributed by atoms with van der Waals surface area (Å²) in [6, 6.07) is 0. The first-order chi connectivity index (χ1) is 8.74. The van der Waals surface area contributed by atoms with Gasteiger partial charge in [0.2, 0.25) is 17.7 Å². The second-order valence-electron chi connectivity index (χ2n) is 5.84. The molecule has 19 heavy (non-hydrogen) atoms. The highest BCUT2D eigenvalue weighted by molar-refractivity contribution is 5.84. The Morgan fingerprint density at radius 1 is 1.37 bits per heavy atom. The van der Waals surface area contributed by atoms with Crippen LogP contribution in [0, 0.1) is 5.92 Å². The maximum atomic E-state index is 11.6. The van der Waals surface area contributed by atoms with Gasteiger partial charge in [-0.1, -0.05) is 27.7 Å². The van der Waals surface area contributed by atoms with Crippen LogP contribution in [-0.4, -0.2) is 21.6 Å². The molecule has 0 aliphatic carbocycles. The second kappa shape index (κ2) is 6.14. The van der Waals surface area contributed by atoms with Gasteiger partial charge in [-0.15, -0.1) is 10.2 Å². The molecule has 1 aromatic heterocycles. The number of amides is 1. The van der Waals surface area contributed by atoms with Crippen LogP contribution in [0.15, 0.2) is 4.42 Å².